The Kier molecular flexibility index (Phi) is 10.2. The zero-order valence-electron chi connectivity index (χ0n) is 26.7. The number of carbonyl (C=O) groups is 1. The Balaban J connectivity index is 1.04. The number of urea groups is 1. The van der Waals surface area contributed by atoms with Crippen molar-refractivity contribution in [3.8, 4) is 11.5 Å². The molecule has 8 nitrogen and oxygen atoms in total. The molecule has 49 heavy (non-hydrogen) atoms. The molecule has 248 valence electrons. The van der Waals surface area contributed by atoms with E-state index in [-0.39, 0.29) is 30.8 Å². The fraction of sp³-hybridized carbons (Fsp3) is 0.179. The normalized spacial score (nSPS) is 19.0. The van der Waals surface area contributed by atoms with E-state index < -0.39 is 6.29 Å². The molecule has 5 aromatic carbocycles. The smallest absolute Gasteiger partial charge is 0.323 e. The quantitative estimate of drug-likeness (QED) is 0.123. The van der Waals surface area contributed by atoms with Crippen LogP contribution in [-0.2, 0) is 16.1 Å². The minimum absolute atomic E-state index is 0.0180. The first-order valence-electron chi connectivity index (χ1n) is 16.0. The summed E-state index contributed by atoms with van der Waals surface area (Å²) in [7, 11) is 0. The van der Waals surface area contributed by atoms with E-state index in [0.29, 0.717) is 22.9 Å². The molecule has 1 saturated heterocycles. The van der Waals surface area contributed by atoms with Crippen molar-refractivity contribution in [2.45, 2.75) is 36.4 Å². The highest BCUT2D eigenvalue weighted by molar-refractivity contribution is 8.01. The summed E-state index contributed by atoms with van der Waals surface area (Å²) in [5.74, 6) is 2.15. The first-order valence-corrected chi connectivity index (χ1v) is 17.8. The highest BCUT2D eigenvalue weighted by Crippen LogP contribution is 2.44. The van der Waals surface area contributed by atoms with Gasteiger partial charge in [0.1, 0.15) is 11.5 Å². The van der Waals surface area contributed by atoms with Gasteiger partial charge < -0.3 is 30.0 Å². The predicted molar refractivity (Wildman–Crippen MR) is 195 cm³/mol. The molecule has 4 unspecified atom stereocenters. The molecular weight excluding hydrogens is 655 g/mol. The zero-order chi connectivity index (χ0) is 33.6. The standard InChI is InChI=1S/C39H35N3O5S2/c1-25-34(24-48-39-42-33-12-5-6-13-35(33)49-39)46-37(47-36(25)27-16-14-26(23-43)15-17-27)28-8-7-9-30(22-28)41-38(44)40-29-18-20-32(21-19-29)45-31-10-3-2-4-11-31/h2-22,25,34,36-37,43H,23-24H2,1H3,(H2,40,41,44). The van der Waals surface area contributed by atoms with Crippen molar-refractivity contribution in [3.63, 3.8) is 0 Å². The molecule has 0 radical (unpaired) electrons. The van der Waals surface area contributed by atoms with Crippen LogP contribution < -0.4 is 15.4 Å². The highest BCUT2D eigenvalue weighted by atomic mass is 32.2. The second-order valence-corrected chi connectivity index (χ2v) is 14.0. The van der Waals surface area contributed by atoms with Crippen LogP contribution in [0.5, 0.6) is 11.5 Å². The topological polar surface area (TPSA) is 102 Å². The van der Waals surface area contributed by atoms with Crippen LogP contribution in [0.25, 0.3) is 10.2 Å². The largest absolute Gasteiger partial charge is 0.457 e. The number of thiazole rings is 1. The van der Waals surface area contributed by atoms with E-state index in [1.807, 2.05) is 97.1 Å². The summed E-state index contributed by atoms with van der Waals surface area (Å²) in [5, 5.41) is 15.4. The van der Waals surface area contributed by atoms with Gasteiger partial charge in [-0.25, -0.2) is 9.78 Å². The van der Waals surface area contributed by atoms with E-state index in [4.69, 9.17) is 19.2 Å². The number of carbonyl (C=O) groups excluding carboxylic acids is 1. The van der Waals surface area contributed by atoms with Crippen molar-refractivity contribution in [3.05, 3.63) is 144 Å². The van der Waals surface area contributed by atoms with E-state index >= 15 is 0 Å². The molecule has 0 bridgehead atoms. The number of nitrogens with one attached hydrogen (secondary N) is 2. The lowest BCUT2D eigenvalue weighted by Crippen LogP contribution is -2.38. The lowest BCUT2D eigenvalue weighted by Gasteiger charge is -2.41. The molecule has 6 aromatic rings. The monoisotopic (exact) mass is 689 g/mol. The third-order valence-electron chi connectivity index (χ3n) is 8.28. The molecule has 1 aliphatic rings. The van der Waals surface area contributed by atoms with Gasteiger partial charge in [0.25, 0.3) is 0 Å². The van der Waals surface area contributed by atoms with Gasteiger partial charge in [-0.15, -0.1) is 11.3 Å². The van der Waals surface area contributed by atoms with Crippen LogP contribution in [-0.4, -0.2) is 28.0 Å². The van der Waals surface area contributed by atoms with Crippen LogP contribution >= 0.6 is 23.1 Å². The van der Waals surface area contributed by atoms with E-state index in [2.05, 4.69) is 23.6 Å². The zero-order valence-corrected chi connectivity index (χ0v) is 28.3. The van der Waals surface area contributed by atoms with Gasteiger partial charge in [-0.3, -0.25) is 0 Å². The number of para-hydroxylation sites is 2. The van der Waals surface area contributed by atoms with Crippen LogP contribution in [0.15, 0.2) is 132 Å². The maximum atomic E-state index is 13.0. The summed E-state index contributed by atoms with van der Waals surface area (Å²) in [6.45, 7) is 2.13. The Labute approximate surface area is 293 Å². The summed E-state index contributed by atoms with van der Waals surface area (Å²) in [6.07, 6.45) is -1.06. The number of aliphatic hydroxyl groups is 1. The molecule has 2 heterocycles. The SMILES string of the molecule is CC1C(CSc2nc3ccccc3s2)OC(c2cccc(NC(=O)Nc3ccc(Oc4ccccc4)cc3)c2)OC1c1ccc(CO)cc1. The van der Waals surface area contributed by atoms with Crippen molar-refractivity contribution in [1.29, 1.82) is 0 Å². The van der Waals surface area contributed by atoms with Gasteiger partial charge in [-0.2, -0.15) is 0 Å². The van der Waals surface area contributed by atoms with E-state index in [9.17, 15) is 9.90 Å². The van der Waals surface area contributed by atoms with Crippen molar-refractivity contribution in [2.75, 3.05) is 16.4 Å². The molecule has 1 fully saturated rings. The summed E-state index contributed by atoms with van der Waals surface area (Å²) < 4.78 is 21.3. The summed E-state index contributed by atoms with van der Waals surface area (Å²) >= 11 is 3.37. The number of fused-ring (bicyclic) bond motifs is 1. The summed E-state index contributed by atoms with van der Waals surface area (Å²) in [4.78, 5) is 17.8. The number of anilines is 2. The van der Waals surface area contributed by atoms with Crippen LogP contribution in [0.3, 0.4) is 0 Å². The molecule has 0 aliphatic carbocycles. The number of aliphatic hydroxyl groups excluding tert-OH is 1. The fourth-order valence-electron chi connectivity index (χ4n) is 5.66. The molecule has 3 N–H and O–H groups in total. The molecule has 0 saturated carbocycles. The van der Waals surface area contributed by atoms with Gasteiger partial charge in [0.05, 0.1) is 29.0 Å². The Morgan fingerprint density at radius 3 is 2.33 bits per heavy atom. The second kappa shape index (κ2) is 15.2. The first-order chi connectivity index (χ1) is 24.0. The summed E-state index contributed by atoms with van der Waals surface area (Å²) in [5.41, 5.74) is 4.88. The third-order valence-corrected chi connectivity index (χ3v) is 10.5. The Morgan fingerprint density at radius 1 is 0.816 bits per heavy atom. The number of hydrogen-bond donors (Lipinski definition) is 3. The first kappa shape index (κ1) is 32.8. The average Bonchev–Trinajstić information content (AvgIpc) is 3.56. The van der Waals surface area contributed by atoms with Crippen molar-refractivity contribution in [2.24, 2.45) is 5.92 Å². The molecule has 2 amide bonds. The van der Waals surface area contributed by atoms with E-state index in [1.54, 1.807) is 47.4 Å². The van der Waals surface area contributed by atoms with Crippen molar-refractivity contribution in [1.82, 2.24) is 4.98 Å². The number of ether oxygens (including phenoxy) is 3. The maximum Gasteiger partial charge on any atom is 0.323 e. The van der Waals surface area contributed by atoms with Gasteiger partial charge in [-0.1, -0.05) is 85.4 Å². The Hall–Kier alpha value is -4.71. The molecular formula is C39H35N3O5S2. The number of amides is 2. The van der Waals surface area contributed by atoms with Gasteiger partial charge >= 0.3 is 6.03 Å². The average molecular weight is 690 g/mol. The third kappa shape index (κ3) is 8.13. The number of thioether (sulfide) groups is 1. The van der Waals surface area contributed by atoms with E-state index in [1.165, 1.54) is 0 Å². The molecule has 7 rings (SSSR count). The summed E-state index contributed by atoms with van der Waals surface area (Å²) in [6, 6.07) is 39.9. The molecule has 0 spiro atoms. The number of rotatable bonds is 10. The van der Waals surface area contributed by atoms with Gasteiger partial charge in [0, 0.05) is 28.6 Å². The van der Waals surface area contributed by atoms with Gasteiger partial charge in [0.15, 0.2) is 10.6 Å². The lowest BCUT2D eigenvalue weighted by molar-refractivity contribution is -0.268. The van der Waals surface area contributed by atoms with Gasteiger partial charge in [0.2, 0.25) is 0 Å². The number of hydrogen-bond acceptors (Lipinski definition) is 8. The minimum Gasteiger partial charge on any atom is -0.457 e. The fourth-order valence-corrected chi connectivity index (χ4v) is 7.92. The molecule has 10 heteroatoms. The van der Waals surface area contributed by atoms with Crippen molar-refractivity contribution >= 4 is 50.7 Å². The molecule has 4 atom stereocenters. The number of aromatic nitrogens is 1. The van der Waals surface area contributed by atoms with Crippen LogP contribution in [0.2, 0.25) is 0 Å². The molecule has 1 aliphatic heterocycles. The Bertz CT molecular complexity index is 1970. The second-order valence-electron chi connectivity index (χ2n) is 11.7. The Morgan fingerprint density at radius 2 is 1.55 bits per heavy atom. The maximum absolute atomic E-state index is 13.0. The molecule has 1 aromatic heterocycles. The van der Waals surface area contributed by atoms with Crippen LogP contribution in [0.4, 0.5) is 16.2 Å². The number of benzene rings is 5. The van der Waals surface area contributed by atoms with Gasteiger partial charge in [-0.05, 0) is 71.8 Å². The predicted octanol–water partition coefficient (Wildman–Crippen LogP) is 9.81. The minimum atomic E-state index is -0.665. The number of nitrogens with zero attached hydrogens (tertiary/aromatic N) is 1. The van der Waals surface area contributed by atoms with Crippen LogP contribution in [0, 0.1) is 5.92 Å². The lowest BCUT2D eigenvalue weighted by atomic mass is 9.91. The van der Waals surface area contributed by atoms with Crippen molar-refractivity contribution < 1.29 is 24.1 Å². The van der Waals surface area contributed by atoms with Crippen LogP contribution in [0.1, 0.15) is 36.0 Å². The van der Waals surface area contributed by atoms with E-state index in [0.717, 1.165) is 37.0 Å². The highest BCUT2D eigenvalue weighted by Gasteiger charge is 2.38.